The summed E-state index contributed by atoms with van der Waals surface area (Å²) >= 11 is 0. The van der Waals surface area contributed by atoms with Gasteiger partial charge in [-0.15, -0.1) is 0 Å². The van der Waals surface area contributed by atoms with Crippen LogP contribution in [0.15, 0.2) is 42.9 Å². The molecule has 0 spiro atoms. The van der Waals surface area contributed by atoms with E-state index in [-0.39, 0.29) is 13.2 Å². The fourth-order valence-electron chi connectivity index (χ4n) is 3.77. The molecular weight excluding hydrogens is 416 g/mol. The summed E-state index contributed by atoms with van der Waals surface area (Å²) in [5.74, 6) is 0.742. The molecule has 2 aromatic heterocycles. The zero-order valence-electron chi connectivity index (χ0n) is 17.3. The lowest BCUT2D eigenvalue weighted by atomic mass is 10.1. The zero-order valence-corrected chi connectivity index (χ0v) is 18.1. The highest BCUT2D eigenvalue weighted by Crippen LogP contribution is 2.27. The Balaban J connectivity index is 1.53. The molecule has 0 amide bonds. The molecule has 31 heavy (non-hydrogen) atoms. The molecule has 1 aliphatic rings. The standard InChI is InChI=1S/C21H26N6O3S/c1-22-17-10-16(12-23-13-17)15-2-3-19-20(11-15)26-21(14-24-19)27-7-4-18(5-8-27)31(29,30)25-6-9-28/h2-3,10-14,18,22,25,28H,4-9H2,1H3. The van der Waals surface area contributed by atoms with E-state index in [4.69, 9.17) is 10.1 Å². The molecule has 164 valence electrons. The van der Waals surface area contributed by atoms with E-state index >= 15 is 0 Å². The fraction of sp³-hybridized carbons (Fsp3) is 0.381. The Labute approximate surface area is 181 Å². The average molecular weight is 443 g/mol. The normalized spacial score (nSPS) is 15.4. The molecule has 0 bridgehead atoms. The van der Waals surface area contributed by atoms with Gasteiger partial charge in [0.05, 0.1) is 34.8 Å². The van der Waals surface area contributed by atoms with Crippen LogP contribution in [0.4, 0.5) is 11.5 Å². The van der Waals surface area contributed by atoms with Crippen molar-refractivity contribution in [2.75, 3.05) is 43.5 Å². The highest BCUT2D eigenvalue weighted by Gasteiger charge is 2.30. The van der Waals surface area contributed by atoms with Gasteiger partial charge in [0.15, 0.2) is 0 Å². The van der Waals surface area contributed by atoms with E-state index in [1.54, 1.807) is 12.4 Å². The van der Waals surface area contributed by atoms with Gasteiger partial charge in [-0.25, -0.2) is 18.1 Å². The van der Waals surface area contributed by atoms with Crippen LogP contribution in [0.25, 0.3) is 22.2 Å². The summed E-state index contributed by atoms with van der Waals surface area (Å²) in [6.07, 6.45) is 6.33. The minimum absolute atomic E-state index is 0.0494. The fourth-order valence-corrected chi connectivity index (χ4v) is 5.21. The number of benzene rings is 1. The lowest BCUT2D eigenvalue weighted by Crippen LogP contribution is -2.44. The molecular formula is C21H26N6O3S. The Morgan fingerprint density at radius 1 is 1.10 bits per heavy atom. The molecule has 4 rings (SSSR count). The van der Waals surface area contributed by atoms with E-state index in [1.807, 2.05) is 37.5 Å². The molecule has 1 saturated heterocycles. The van der Waals surface area contributed by atoms with Gasteiger partial charge in [0.25, 0.3) is 0 Å². The Kier molecular flexibility index (Phi) is 6.30. The van der Waals surface area contributed by atoms with E-state index in [0.29, 0.717) is 25.9 Å². The van der Waals surface area contributed by atoms with Crippen molar-refractivity contribution in [2.45, 2.75) is 18.1 Å². The number of anilines is 2. The van der Waals surface area contributed by atoms with Crippen LogP contribution in [0.1, 0.15) is 12.8 Å². The number of hydrogen-bond acceptors (Lipinski definition) is 8. The number of aliphatic hydroxyl groups excluding tert-OH is 1. The van der Waals surface area contributed by atoms with Gasteiger partial charge < -0.3 is 15.3 Å². The van der Waals surface area contributed by atoms with Gasteiger partial charge in [-0.3, -0.25) is 9.97 Å². The van der Waals surface area contributed by atoms with Crippen molar-refractivity contribution in [3.8, 4) is 11.1 Å². The van der Waals surface area contributed by atoms with Crippen molar-refractivity contribution in [3.63, 3.8) is 0 Å². The van der Waals surface area contributed by atoms with Gasteiger partial charge >= 0.3 is 0 Å². The number of pyridine rings is 1. The summed E-state index contributed by atoms with van der Waals surface area (Å²) < 4.78 is 27.1. The maximum Gasteiger partial charge on any atom is 0.214 e. The van der Waals surface area contributed by atoms with Gasteiger partial charge in [0, 0.05) is 44.6 Å². The van der Waals surface area contributed by atoms with Gasteiger partial charge in [-0.2, -0.15) is 0 Å². The average Bonchev–Trinajstić information content (AvgIpc) is 2.82. The minimum Gasteiger partial charge on any atom is -0.395 e. The van der Waals surface area contributed by atoms with Crippen LogP contribution < -0.4 is 14.9 Å². The predicted molar refractivity (Wildman–Crippen MR) is 122 cm³/mol. The van der Waals surface area contributed by atoms with E-state index in [9.17, 15) is 8.42 Å². The first-order chi connectivity index (χ1) is 15.0. The maximum absolute atomic E-state index is 12.3. The first kappa shape index (κ1) is 21.4. The highest BCUT2D eigenvalue weighted by atomic mass is 32.2. The number of nitrogens with zero attached hydrogens (tertiary/aromatic N) is 4. The largest absolute Gasteiger partial charge is 0.395 e. The molecule has 9 nitrogen and oxygen atoms in total. The lowest BCUT2D eigenvalue weighted by molar-refractivity contribution is 0.300. The quantitative estimate of drug-likeness (QED) is 0.505. The molecule has 1 aliphatic heterocycles. The second-order valence-electron chi connectivity index (χ2n) is 7.49. The maximum atomic E-state index is 12.3. The topological polar surface area (TPSA) is 120 Å². The summed E-state index contributed by atoms with van der Waals surface area (Å²) in [6.45, 7) is 1.01. The van der Waals surface area contributed by atoms with Crippen molar-refractivity contribution >= 4 is 32.6 Å². The van der Waals surface area contributed by atoms with Crippen molar-refractivity contribution < 1.29 is 13.5 Å². The summed E-state index contributed by atoms with van der Waals surface area (Å²) in [5.41, 5.74) is 4.51. The van der Waals surface area contributed by atoms with Gasteiger partial charge in [-0.05, 0) is 36.6 Å². The highest BCUT2D eigenvalue weighted by molar-refractivity contribution is 7.90. The van der Waals surface area contributed by atoms with E-state index in [2.05, 4.69) is 24.9 Å². The molecule has 3 aromatic rings. The number of hydrogen-bond donors (Lipinski definition) is 3. The number of piperidine rings is 1. The zero-order chi connectivity index (χ0) is 21.8. The smallest absolute Gasteiger partial charge is 0.214 e. The second-order valence-corrected chi connectivity index (χ2v) is 9.54. The SMILES string of the molecule is CNc1cncc(-c2ccc3ncc(N4CCC(S(=O)(=O)NCCO)CC4)nc3c2)c1. The Morgan fingerprint density at radius 2 is 1.90 bits per heavy atom. The number of aromatic nitrogens is 3. The third-order valence-electron chi connectivity index (χ3n) is 5.51. The van der Waals surface area contributed by atoms with Crippen molar-refractivity contribution in [1.82, 2.24) is 19.7 Å². The Bertz CT molecular complexity index is 1160. The van der Waals surface area contributed by atoms with E-state index in [0.717, 1.165) is 33.7 Å². The molecule has 3 N–H and O–H groups in total. The van der Waals surface area contributed by atoms with Crippen LogP contribution in [-0.4, -0.2) is 67.0 Å². The number of sulfonamides is 1. The summed E-state index contributed by atoms with van der Waals surface area (Å²) in [5, 5.41) is 11.5. The number of fused-ring (bicyclic) bond motifs is 1. The first-order valence-electron chi connectivity index (χ1n) is 10.2. The molecule has 0 atom stereocenters. The molecule has 0 saturated carbocycles. The third kappa shape index (κ3) is 4.76. The molecule has 3 heterocycles. The monoisotopic (exact) mass is 442 g/mol. The predicted octanol–water partition coefficient (Wildman–Crippen LogP) is 1.61. The van der Waals surface area contributed by atoms with Crippen LogP contribution in [0.5, 0.6) is 0 Å². The minimum atomic E-state index is -3.41. The van der Waals surface area contributed by atoms with Crippen molar-refractivity contribution in [2.24, 2.45) is 0 Å². The van der Waals surface area contributed by atoms with Crippen molar-refractivity contribution in [1.29, 1.82) is 0 Å². The second kappa shape index (κ2) is 9.13. The van der Waals surface area contributed by atoms with Crippen LogP contribution in [0, 0.1) is 0 Å². The summed E-state index contributed by atoms with van der Waals surface area (Å²) in [7, 11) is -1.55. The summed E-state index contributed by atoms with van der Waals surface area (Å²) in [6, 6.07) is 7.97. The van der Waals surface area contributed by atoms with E-state index in [1.165, 1.54) is 0 Å². The van der Waals surface area contributed by atoms with Crippen molar-refractivity contribution in [3.05, 3.63) is 42.9 Å². The van der Waals surface area contributed by atoms with Crippen LogP contribution in [0.3, 0.4) is 0 Å². The first-order valence-corrected chi connectivity index (χ1v) is 11.8. The molecule has 1 fully saturated rings. The van der Waals surface area contributed by atoms with Crippen LogP contribution in [-0.2, 0) is 10.0 Å². The third-order valence-corrected chi connectivity index (χ3v) is 7.47. The van der Waals surface area contributed by atoms with Gasteiger partial charge in [-0.1, -0.05) is 6.07 Å². The number of rotatable bonds is 7. The Hall–Kier alpha value is -2.82. The number of nitrogens with one attached hydrogen (secondary N) is 2. The molecule has 0 aliphatic carbocycles. The van der Waals surface area contributed by atoms with Gasteiger partial charge in [0.2, 0.25) is 10.0 Å². The lowest BCUT2D eigenvalue weighted by Gasteiger charge is -2.32. The molecule has 1 aromatic carbocycles. The Morgan fingerprint density at radius 3 is 2.65 bits per heavy atom. The van der Waals surface area contributed by atoms with E-state index < -0.39 is 15.3 Å². The van der Waals surface area contributed by atoms with Crippen LogP contribution in [0.2, 0.25) is 0 Å². The molecule has 0 unspecified atom stereocenters. The van der Waals surface area contributed by atoms with Crippen LogP contribution >= 0.6 is 0 Å². The number of aliphatic hydroxyl groups is 1. The molecule has 10 heteroatoms. The molecule has 0 radical (unpaired) electrons. The summed E-state index contributed by atoms with van der Waals surface area (Å²) in [4.78, 5) is 15.7. The van der Waals surface area contributed by atoms with Gasteiger partial charge in [0.1, 0.15) is 5.82 Å².